The van der Waals surface area contributed by atoms with E-state index in [1.54, 1.807) is 0 Å². The molecule has 0 aliphatic heterocycles. The van der Waals surface area contributed by atoms with E-state index in [-0.39, 0.29) is 0 Å². The number of unbranched alkanes of at least 4 members (excludes halogenated alkanes) is 1. The van der Waals surface area contributed by atoms with E-state index in [4.69, 9.17) is 4.98 Å². The average Bonchev–Trinajstić information content (AvgIpc) is 2.72. The molecule has 26 heavy (non-hydrogen) atoms. The molecular weight excluding hydrogens is 314 g/mol. The topological polar surface area (TPSA) is 12.9 Å². The van der Waals surface area contributed by atoms with E-state index in [1.807, 2.05) is 0 Å². The van der Waals surface area contributed by atoms with Crippen LogP contribution in [0.1, 0.15) is 25.3 Å². The number of fused-ring (bicyclic) bond motifs is 1. The van der Waals surface area contributed by atoms with Crippen molar-refractivity contribution in [1.29, 1.82) is 0 Å². The summed E-state index contributed by atoms with van der Waals surface area (Å²) in [6.45, 7) is 2.24. The first-order chi connectivity index (χ1) is 12.8. The van der Waals surface area contributed by atoms with E-state index in [0.29, 0.717) is 0 Å². The van der Waals surface area contributed by atoms with Gasteiger partial charge in [-0.15, -0.1) is 0 Å². The molecule has 4 aromatic rings. The van der Waals surface area contributed by atoms with Crippen LogP contribution in [0.5, 0.6) is 0 Å². The van der Waals surface area contributed by atoms with Crippen LogP contribution in [0.2, 0.25) is 0 Å². The summed E-state index contributed by atoms with van der Waals surface area (Å²) in [5, 5.41) is 1.22. The summed E-state index contributed by atoms with van der Waals surface area (Å²) in [7, 11) is 0. The van der Waals surface area contributed by atoms with Crippen LogP contribution in [-0.4, -0.2) is 4.98 Å². The largest absolute Gasteiger partial charge is 0.248 e. The lowest BCUT2D eigenvalue weighted by Crippen LogP contribution is -1.95. The highest BCUT2D eigenvalue weighted by Gasteiger charge is 2.10. The Balaban J connectivity index is 1.85. The fourth-order valence-electron chi connectivity index (χ4n) is 3.44. The van der Waals surface area contributed by atoms with Gasteiger partial charge in [-0.3, -0.25) is 0 Å². The molecule has 3 aromatic carbocycles. The second kappa shape index (κ2) is 7.53. The van der Waals surface area contributed by atoms with Crippen molar-refractivity contribution in [3.05, 3.63) is 90.5 Å². The standard InChI is InChI=1S/C25H23N/c1-2-3-10-22-18-21-13-7-8-16-24(21)26-25(22)23-15-9-14-20(17-23)19-11-5-4-6-12-19/h4-9,11-18H,2-3,10H2,1H3. The van der Waals surface area contributed by atoms with Crippen LogP contribution < -0.4 is 0 Å². The molecule has 0 atom stereocenters. The lowest BCUT2D eigenvalue weighted by atomic mass is 9.96. The van der Waals surface area contributed by atoms with Gasteiger partial charge < -0.3 is 0 Å². The van der Waals surface area contributed by atoms with Crippen molar-refractivity contribution in [3.63, 3.8) is 0 Å². The zero-order valence-electron chi connectivity index (χ0n) is 15.2. The Labute approximate surface area is 155 Å². The molecule has 1 heterocycles. The van der Waals surface area contributed by atoms with Crippen LogP contribution in [0.25, 0.3) is 33.3 Å². The SMILES string of the molecule is CCCCc1cc2ccccc2nc1-c1cccc(-c2ccccc2)c1. The van der Waals surface area contributed by atoms with Gasteiger partial charge in [-0.1, -0.05) is 80.1 Å². The molecule has 0 saturated heterocycles. The molecule has 0 radical (unpaired) electrons. The third-order valence-electron chi connectivity index (χ3n) is 4.85. The van der Waals surface area contributed by atoms with E-state index in [9.17, 15) is 0 Å². The molecule has 0 amide bonds. The summed E-state index contributed by atoms with van der Waals surface area (Å²) < 4.78 is 0. The van der Waals surface area contributed by atoms with Gasteiger partial charge in [0, 0.05) is 10.9 Å². The minimum atomic E-state index is 1.06. The number of pyridine rings is 1. The van der Waals surface area contributed by atoms with Gasteiger partial charge >= 0.3 is 0 Å². The smallest absolute Gasteiger partial charge is 0.0741 e. The van der Waals surface area contributed by atoms with Gasteiger partial charge in [-0.2, -0.15) is 0 Å². The second-order valence-corrected chi connectivity index (χ2v) is 6.74. The van der Waals surface area contributed by atoms with Crippen LogP contribution in [0, 0.1) is 0 Å². The van der Waals surface area contributed by atoms with E-state index in [0.717, 1.165) is 17.6 Å². The number of nitrogens with zero attached hydrogens (tertiary/aromatic N) is 1. The summed E-state index contributed by atoms with van der Waals surface area (Å²) >= 11 is 0. The van der Waals surface area contributed by atoms with Crippen molar-refractivity contribution >= 4 is 10.9 Å². The molecule has 0 aliphatic rings. The fourth-order valence-corrected chi connectivity index (χ4v) is 3.44. The summed E-state index contributed by atoms with van der Waals surface area (Å²) in [5.41, 5.74) is 7.20. The number of aryl methyl sites for hydroxylation is 1. The first kappa shape index (κ1) is 16.5. The summed E-state index contributed by atoms with van der Waals surface area (Å²) in [4.78, 5) is 5.03. The predicted molar refractivity (Wildman–Crippen MR) is 111 cm³/mol. The minimum Gasteiger partial charge on any atom is -0.248 e. The van der Waals surface area contributed by atoms with Gasteiger partial charge in [0.05, 0.1) is 11.2 Å². The third-order valence-corrected chi connectivity index (χ3v) is 4.85. The summed E-state index contributed by atoms with van der Waals surface area (Å²) in [6, 6.07) is 30.0. The second-order valence-electron chi connectivity index (χ2n) is 6.74. The number of rotatable bonds is 5. The molecule has 0 unspecified atom stereocenters. The van der Waals surface area contributed by atoms with Crippen molar-refractivity contribution in [1.82, 2.24) is 4.98 Å². The number of hydrogen-bond acceptors (Lipinski definition) is 1. The van der Waals surface area contributed by atoms with Crippen LogP contribution >= 0.6 is 0 Å². The zero-order valence-corrected chi connectivity index (χ0v) is 15.2. The molecule has 0 saturated carbocycles. The highest BCUT2D eigenvalue weighted by Crippen LogP contribution is 2.30. The lowest BCUT2D eigenvalue weighted by molar-refractivity contribution is 0.795. The van der Waals surface area contributed by atoms with Gasteiger partial charge in [-0.25, -0.2) is 4.98 Å². The Hall–Kier alpha value is -2.93. The van der Waals surface area contributed by atoms with E-state index < -0.39 is 0 Å². The fraction of sp³-hybridized carbons (Fsp3) is 0.160. The Bertz CT molecular complexity index is 1020. The Morgan fingerprint density at radius 3 is 2.27 bits per heavy atom. The van der Waals surface area contributed by atoms with Crippen LogP contribution in [0.4, 0.5) is 0 Å². The van der Waals surface area contributed by atoms with E-state index in [1.165, 1.54) is 40.5 Å². The Kier molecular flexibility index (Phi) is 4.79. The monoisotopic (exact) mass is 337 g/mol. The maximum Gasteiger partial charge on any atom is 0.0741 e. The van der Waals surface area contributed by atoms with Crippen molar-refractivity contribution < 1.29 is 0 Å². The lowest BCUT2D eigenvalue weighted by Gasteiger charge is -2.12. The van der Waals surface area contributed by atoms with Crippen molar-refractivity contribution in [2.45, 2.75) is 26.2 Å². The van der Waals surface area contributed by atoms with Crippen LogP contribution in [-0.2, 0) is 6.42 Å². The Morgan fingerprint density at radius 2 is 1.42 bits per heavy atom. The van der Waals surface area contributed by atoms with Gasteiger partial charge in [0.2, 0.25) is 0 Å². The molecule has 128 valence electrons. The molecule has 1 nitrogen and oxygen atoms in total. The molecular formula is C25H23N. The summed E-state index contributed by atoms with van der Waals surface area (Å²) in [6.07, 6.45) is 3.45. The first-order valence-corrected chi connectivity index (χ1v) is 9.39. The number of hydrogen-bond donors (Lipinski definition) is 0. The molecule has 0 aliphatic carbocycles. The molecule has 0 bridgehead atoms. The first-order valence-electron chi connectivity index (χ1n) is 9.39. The highest BCUT2D eigenvalue weighted by atomic mass is 14.7. The van der Waals surface area contributed by atoms with Crippen molar-refractivity contribution in [2.75, 3.05) is 0 Å². The van der Waals surface area contributed by atoms with Gasteiger partial charge in [0.1, 0.15) is 0 Å². The number of benzene rings is 3. The normalized spacial score (nSPS) is 11.0. The molecule has 0 spiro atoms. The average molecular weight is 337 g/mol. The molecule has 1 heteroatoms. The highest BCUT2D eigenvalue weighted by molar-refractivity contribution is 5.84. The molecule has 4 rings (SSSR count). The van der Waals surface area contributed by atoms with Crippen molar-refractivity contribution in [2.24, 2.45) is 0 Å². The van der Waals surface area contributed by atoms with Crippen LogP contribution in [0.3, 0.4) is 0 Å². The predicted octanol–water partition coefficient (Wildman–Crippen LogP) is 6.91. The maximum atomic E-state index is 5.03. The van der Waals surface area contributed by atoms with Crippen molar-refractivity contribution in [3.8, 4) is 22.4 Å². The third kappa shape index (κ3) is 3.39. The van der Waals surface area contributed by atoms with Gasteiger partial charge in [0.15, 0.2) is 0 Å². The van der Waals surface area contributed by atoms with Gasteiger partial charge in [-0.05, 0) is 47.7 Å². The quantitative estimate of drug-likeness (QED) is 0.385. The van der Waals surface area contributed by atoms with Gasteiger partial charge in [0.25, 0.3) is 0 Å². The molecule has 1 aromatic heterocycles. The molecule has 0 N–H and O–H groups in total. The minimum absolute atomic E-state index is 1.06. The van der Waals surface area contributed by atoms with E-state index >= 15 is 0 Å². The summed E-state index contributed by atoms with van der Waals surface area (Å²) in [5.74, 6) is 0. The number of para-hydroxylation sites is 1. The Morgan fingerprint density at radius 1 is 0.692 bits per heavy atom. The van der Waals surface area contributed by atoms with E-state index in [2.05, 4.69) is 91.9 Å². The van der Waals surface area contributed by atoms with Crippen LogP contribution in [0.15, 0.2) is 84.9 Å². The zero-order chi connectivity index (χ0) is 17.8. The maximum absolute atomic E-state index is 5.03. The number of aromatic nitrogens is 1. The molecule has 0 fully saturated rings.